The first-order valence-corrected chi connectivity index (χ1v) is 5.29. The van der Waals surface area contributed by atoms with Crippen molar-refractivity contribution in [1.82, 2.24) is 0 Å². The molecular weight excluding hydrogens is 234 g/mol. The van der Waals surface area contributed by atoms with E-state index >= 15 is 0 Å². The molecule has 6 heteroatoms. The Morgan fingerprint density at radius 3 is 2.67 bits per heavy atom. The number of ether oxygens (including phenoxy) is 1. The average molecular weight is 247 g/mol. The molecule has 0 aliphatic rings. The lowest BCUT2D eigenvalue weighted by Gasteiger charge is -2.01. The smallest absolute Gasteiger partial charge is 0.337 e. The van der Waals surface area contributed by atoms with Crippen LogP contribution in [0.15, 0.2) is 41.2 Å². The van der Waals surface area contributed by atoms with Gasteiger partial charge in [0.05, 0.1) is 7.11 Å². The van der Waals surface area contributed by atoms with Crippen molar-refractivity contribution in [3.63, 3.8) is 0 Å². The lowest BCUT2D eigenvalue weighted by Crippen LogP contribution is -1.97. The fraction of sp³-hybridized carbons (Fsp3) is 0.250. The number of carboxylic acids is 1. The molecule has 1 aromatic rings. The van der Waals surface area contributed by atoms with Gasteiger partial charge in [-0.15, -0.1) is 0 Å². The van der Waals surface area contributed by atoms with Gasteiger partial charge in [0.1, 0.15) is 11.4 Å². The Morgan fingerprint density at radius 1 is 1.50 bits per heavy atom. The van der Waals surface area contributed by atoms with Crippen molar-refractivity contribution in [3.8, 4) is 5.75 Å². The van der Waals surface area contributed by atoms with E-state index < -0.39 is 5.97 Å². The lowest BCUT2D eigenvalue weighted by atomic mass is 10.1. The van der Waals surface area contributed by atoms with Gasteiger partial charge in [-0.3, -0.25) is 0 Å². The third-order valence-corrected chi connectivity index (χ3v) is 2.30. The van der Waals surface area contributed by atoms with Gasteiger partial charge in [0, 0.05) is 4.91 Å². The number of nitrogens with zero attached hydrogens (tertiary/aromatic N) is 3. The number of benzene rings is 1. The number of methoxy groups -OCH3 is 1. The summed E-state index contributed by atoms with van der Waals surface area (Å²) in [6, 6.07) is 7.48. The highest BCUT2D eigenvalue weighted by Crippen LogP contribution is 2.13. The van der Waals surface area contributed by atoms with Crippen molar-refractivity contribution in [2.24, 2.45) is 5.11 Å². The first-order chi connectivity index (χ1) is 8.67. The fourth-order valence-corrected chi connectivity index (χ4v) is 1.39. The number of allylic oxidation sites excluding steroid dienone is 1. The molecule has 0 radical (unpaired) electrons. The quantitative estimate of drug-likeness (QED) is 0.362. The maximum atomic E-state index is 10.7. The Kier molecular flexibility index (Phi) is 5.28. The van der Waals surface area contributed by atoms with Gasteiger partial charge < -0.3 is 9.84 Å². The molecule has 0 unspecified atom stereocenters. The highest BCUT2D eigenvalue weighted by Gasteiger charge is 2.03. The molecule has 0 atom stereocenters. The van der Waals surface area contributed by atoms with Crippen LogP contribution in [0.4, 0.5) is 0 Å². The molecule has 6 nitrogen and oxygen atoms in total. The predicted molar refractivity (Wildman–Crippen MR) is 66.2 cm³/mol. The molecule has 0 bridgehead atoms. The molecule has 0 fully saturated rings. The number of aryl methyl sites for hydroxylation is 1. The van der Waals surface area contributed by atoms with Crippen LogP contribution in [0.2, 0.25) is 0 Å². The van der Waals surface area contributed by atoms with Crippen molar-refractivity contribution in [2.75, 3.05) is 7.11 Å². The molecule has 0 spiro atoms. The topological polar surface area (TPSA) is 95.3 Å². The van der Waals surface area contributed by atoms with Gasteiger partial charge in [-0.05, 0) is 36.1 Å². The predicted octanol–water partition coefficient (Wildman–Crippen LogP) is 2.91. The van der Waals surface area contributed by atoms with Crippen LogP contribution in [0.5, 0.6) is 5.75 Å². The third kappa shape index (κ3) is 4.19. The molecule has 0 saturated heterocycles. The minimum absolute atomic E-state index is 0.272. The Hall–Kier alpha value is -2.46. The van der Waals surface area contributed by atoms with E-state index in [1.807, 2.05) is 24.3 Å². The van der Waals surface area contributed by atoms with E-state index in [9.17, 15) is 4.79 Å². The van der Waals surface area contributed by atoms with Crippen LogP contribution < -0.4 is 4.74 Å². The molecule has 1 aromatic carbocycles. The van der Waals surface area contributed by atoms with Crippen molar-refractivity contribution >= 4 is 5.97 Å². The summed E-state index contributed by atoms with van der Waals surface area (Å²) in [7, 11) is 1.59. The van der Waals surface area contributed by atoms with Crippen LogP contribution in [0.25, 0.3) is 10.4 Å². The summed E-state index contributed by atoms with van der Waals surface area (Å²) < 4.78 is 5.03. The number of aliphatic carboxylic acids is 1. The van der Waals surface area contributed by atoms with E-state index in [-0.39, 0.29) is 5.70 Å². The summed E-state index contributed by atoms with van der Waals surface area (Å²) in [5.74, 6) is -0.447. The Morgan fingerprint density at radius 2 is 2.17 bits per heavy atom. The molecule has 0 aliphatic heterocycles. The average Bonchev–Trinajstić information content (AvgIpc) is 2.38. The monoisotopic (exact) mass is 247 g/mol. The molecule has 94 valence electrons. The molecule has 0 aromatic heterocycles. The number of hydrogen-bond acceptors (Lipinski definition) is 3. The van der Waals surface area contributed by atoms with Crippen molar-refractivity contribution in [1.29, 1.82) is 0 Å². The van der Waals surface area contributed by atoms with Crippen molar-refractivity contribution in [2.45, 2.75) is 12.8 Å². The molecule has 0 amide bonds. The number of hydrogen-bond donors (Lipinski definition) is 1. The zero-order valence-electron chi connectivity index (χ0n) is 9.91. The SMILES string of the molecule is COc1ccc(CCC=C(N=[N+]=[N-])C(=O)O)cc1. The highest BCUT2D eigenvalue weighted by molar-refractivity contribution is 5.85. The number of azide groups is 1. The molecule has 0 heterocycles. The molecular formula is C12H13N3O3. The van der Waals surface area contributed by atoms with E-state index in [2.05, 4.69) is 10.0 Å². The molecule has 0 aliphatic carbocycles. The van der Waals surface area contributed by atoms with Crippen molar-refractivity contribution in [3.05, 3.63) is 52.0 Å². The summed E-state index contributed by atoms with van der Waals surface area (Å²) in [4.78, 5) is 13.1. The lowest BCUT2D eigenvalue weighted by molar-refractivity contribution is -0.132. The van der Waals surface area contributed by atoms with Gasteiger partial charge in [-0.25, -0.2) is 4.79 Å². The Balaban J connectivity index is 2.61. The highest BCUT2D eigenvalue weighted by atomic mass is 16.5. The summed E-state index contributed by atoms with van der Waals surface area (Å²) in [5.41, 5.74) is 8.98. The van der Waals surface area contributed by atoms with E-state index in [0.29, 0.717) is 12.8 Å². The minimum atomic E-state index is -1.22. The van der Waals surface area contributed by atoms with E-state index in [1.54, 1.807) is 7.11 Å². The van der Waals surface area contributed by atoms with E-state index in [4.69, 9.17) is 15.4 Å². The fourth-order valence-electron chi connectivity index (χ4n) is 1.39. The molecule has 18 heavy (non-hydrogen) atoms. The third-order valence-electron chi connectivity index (χ3n) is 2.30. The van der Waals surface area contributed by atoms with Gasteiger partial charge >= 0.3 is 5.97 Å². The van der Waals surface area contributed by atoms with Crippen LogP contribution in [-0.4, -0.2) is 18.2 Å². The first kappa shape index (κ1) is 13.6. The van der Waals surface area contributed by atoms with Gasteiger partial charge in [-0.2, -0.15) is 0 Å². The number of carbonyl (C=O) groups is 1. The molecule has 1 N–H and O–H groups in total. The van der Waals surface area contributed by atoms with Crippen molar-refractivity contribution < 1.29 is 14.6 Å². The Bertz CT molecular complexity index is 484. The largest absolute Gasteiger partial charge is 0.497 e. The van der Waals surface area contributed by atoms with E-state index in [1.165, 1.54) is 6.08 Å². The maximum Gasteiger partial charge on any atom is 0.337 e. The van der Waals surface area contributed by atoms with Crippen LogP contribution in [0.1, 0.15) is 12.0 Å². The summed E-state index contributed by atoms with van der Waals surface area (Å²) in [6.45, 7) is 0. The standard InChI is InChI=1S/C12H13N3O3/c1-18-10-7-5-9(6-8-10)3-2-4-11(12(16)17)14-15-13/h4-8H,2-3H2,1H3,(H,16,17). The zero-order valence-corrected chi connectivity index (χ0v) is 9.91. The second-order valence-electron chi connectivity index (χ2n) is 3.47. The number of carboxylic acid groups (broad SMARTS) is 1. The molecule has 0 saturated carbocycles. The van der Waals surface area contributed by atoms with Gasteiger partial charge in [-0.1, -0.05) is 23.3 Å². The maximum absolute atomic E-state index is 10.7. The number of rotatable bonds is 6. The summed E-state index contributed by atoms with van der Waals surface area (Å²) in [6.07, 6.45) is 2.57. The molecule has 1 rings (SSSR count). The second-order valence-corrected chi connectivity index (χ2v) is 3.47. The summed E-state index contributed by atoms with van der Waals surface area (Å²) in [5, 5.41) is 11.8. The minimum Gasteiger partial charge on any atom is -0.497 e. The first-order valence-electron chi connectivity index (χ1n) is 5.29. The van der Waals surface area contributed by atoms with Gasteiger partial charge in [0.2, 0.25) is 0 Å². The Labute approximate surface area is 104 Å². The van der Waals surface area contributed by atoms with Crippen LogP contribution in [0, 0.1) is 0 Å². The van der Waals surface area contributed by atoms with E-state index in [0.717, 1.165) is 11.3 Å². The summed E-state index contributed by atoms with van der Waals surface area (Å²) >= 11 is 0. The van der Waals surface area contributed by atoms with Crippen LogP contribution in [-0.2, 0) is 11.2 Å². The van der Waals surface area contributed by atoms with Gasteiger partial charge in [0.25, 0.3) is 0 Å². The normalized spacial score (nSPS) is 10.6. The van der Waals surface area contributed by atoms with Gasteiger partial charge in [0.15, 0.2) is 0 Å². The van der Waals surface area contributed by atoms with Crippen LogP contribution >= 0.6 is 0 Å². The van der Waals surface area contributed by atoms with Crippen LogP contribution in [0.3, 0.4) is 0 Å². The zero-order chi connectivity index (χ0) is 13.4. The second kappa shape index (κ2) is 6.98.